The molecular formula is C15H17N5O. The molecule has 0 unspecified atom stereocenters. The number of carbonyl (C=O) groups is 1. The highest BCUT2D eigenvalue weighted by molar-refractivity contribution is 6.00. The van der Waals surface area contributed by atoms with Crippen molar-refractivity contribution in [3.8, 4) is 0 Å². The van der Waals surface area contributed by atoms with E-state index in [9.17, 15) is 4.79 Å². The van der Waals surface area contributed by atoms with Crippen molar-refractivity contribution in [3.63, 3.8) is 0 Å². The number of aromatic nitrogens is 4. The SMILES string of the molecule is O=C(N1CCCn2nnnc21)C1(c2ccccc2)CCC1. The molecule has 2 aliphatic rings. The molecule has 1 fully saturated rings. The average Bonchev–Trinajstić information content (AvgIpc) is 2.95. The summed E-state index contributed by atoms with van der Waals surface area (Å²) in [6.07, 6.45) is 3.82. The van der Waals surface area contributed by atoms with Gasteiger partial charge < -0.3 is 0 Å². The van der Waals surface area contributed by atoms with Crippen LogP contribution >= 0.6 is 0 Å². The maximum Gasteiger partial charge on any atom is 0.252 e. The largest absolute Gasteiger partial charge is 0.279 e. The number of fused-ring (bicyclic) bond motifs is 1. The molecule has 108 valence electrons. The molecule has 1 aliphatic carbocycles. The standard InChI is InChI=1S/C15H17N5O/c21-13(19-10-5-11-20-14(19)16-17-18-20)15(8-4-9-15)12-6-2-1-3-7-12/h1-3,6-7H,4-5,8-11H2. The van der Waals surface area contributed by atoms with Gasteiger partial charge in [-0.05, 0) is 35.3 Å². The van der Waals surface area contributed by atoms with Crippen LogP contribution in [0.3, 0.4) is 0 Å². The minimum absolute atomic E-state index is 0.149. The van der Waals surface area contributed by atoms with Crippen LogP contribution in [0.4, 0.5) is 5.95 Å². The minimum atomic E-state index is -0.380. The Labute approximate surface area is 122 Å². The third kappa shape index (κ3) is 1.78. The summed E-state index contributed by atoms with van der Waals surface area (Å²) in [6, 6.07) is 10.1. The molecule has 2 heterocycles. The van der Waals surface area contributed by atoms with Crippen LogP contribution in [0, 0.1) is 0 Å². The number of benzene rings is 1. The van der Waals surface area contributed by atoms with Gasteiger partial charge in [0, 0.05) is 13.1 Å². The molecule has 6 nitrogen and oxygen atoms in total. The third-order valence-corrected chi connectivity index (χ3v) is 4.69. The van der Waals surface area contributed by atoms with Crippen LogP contribution in [0.5, 0.6) is 0 Å². The van der Waals surface area contributed by atoms with Gasteiger partial charge in [0.1, 0.15) is 0 Å². The molecule has 2 aromatic rings. The summed E-state index contributed by atoms with van der Waals surface area (Å²) in [4.78, 5) is 15.0. The molecule has 1 saturated carbocycles. The smallest absolute Gasteiger partial charge is 0.252 e. The van der Waals surface area contributed by atoms with E-state index in [-0.39, 0.29) is 11.3 Å². The van der Waals surface area contributed by atoms with Gasteiger partial charge >= 0.3 is 0 Å². The number of hydrogen-bond acceptors (Lipinski definition) is 4. The molecule has 0 atom stereocenters. The lowest BCUT2D eigenvalue weighted by Gasteiger charge is -2.44. The number of rotatable bonds is 2. The minimum Gasteiger partial charge on any atom is -0.279 e. The van der Waals surface area contributed by atoms with Gasteiger partial charge in [-0.3, -0.25) is 9.69 Å². The van der Waals surface area contributed by atoms with E-state index in [1.807, 2.05) is 18.2 Å². The summed E-state index contributed by atoms with van der Waals surface area (Å²) in [6.45, 7) is 1.48. The molecule has 1 amide bonds. The number of hydrogen-bond donors (Lipinski definition) is 0. The topological polar surface area (TPSA) is 63.9 Å². The maximum absolute atomic E-state index is 13.2. The fourth-order valence-corrected chi connectivity index (χ4v) is 3.38. The highest BCUT2D eigenvalue weighted by atomic mass is 16.2. The van der Waals surface area contributed by atoms with Crippen molar-refractivity contribution in [1.82, 2.24) is 20.2 Å². The van der Waals surface area contributed by atoms with Crippen molar-refractivity contribution < 1.29 is 4.79 Å². The highest BCUT2D eigenvalue weighted by Crippen LogP contribution is 2.45. The van der Waals surface area contributed by atoms with Gasteiger partial charge in [0.15, 0.2) is 0 Å². The van der Waals surface area contributed by atoms with Crippen molar-refractivity contribution in [2.75, 3.05) is 11.4 Å². The quantitative estimate of drug-likeness (QED) is 0.838. The van der Waals surface area contributed by atoms with E-state index in [4.69, 9.17) is 0 Å². The molecule has 1 aliphatic heterocycles. The Morgan fingerprint density at radius 1 is 1.10 bits per heavy atom. The molecule has 1 aromatic heterocycles. The van der Waals surface area contributed by atoms with Crippen LogP contribution < -0.4 is 4.90 Å². The average molecular weight is 283 g/mol. The lowest BCUT2D eigenvalue weighted by molar-refractivity contribution is -0.127. The van der Waals surface area contributed by atoms with E-state index in [0.29, 0.717) is 12.5 Å². The van der Waals surface area contributed by atoms with E-state index in [1.54, 1.807) is 9.58 Å². The van der Waals surface area contributed by atoms with Crippen LogP contribution in [-0.4, -0.2) is 32.7 Å². The first-order valence-electron chi connectivity index (χ1n) is 7.45. The molecular weight excluding hydrogens is 266 g/mol. The summed E-state index contributed by atoms with van der Waals surface area (Å²) in [5, 5.41) is 11.7. The van der Waals surface area contributed by atoms with Crippen molar-refractivity contribution >= 4 is 11.9 Å². The number of tetrazole rings is 1. The van der Waals surface area contributed by atoms with Gasteiger partial charge in [-0.2, -0.15) is 0 Å². The summed E-state index contributed by atoms with van der Waals surface area (Å²) < 4.78 is 1.72. The molecule has 0 radical (unpaired) electrons. The second-order valence-electron chi connectivity index (χ2n) is 5.81. The van der Waals surface area contributed by atoms with Gasteiger partial charge in [0.05, 0.1) is 5.41 Å². The number of anilines is 1. The molecule has 0 saturated heterocycles. The Bertz CT molecular complexity index is 662. The Hall–Kier alpha value is -2.24. The first kappa shape index (κ1) is 12.5. The molecule has 0 spiro atoms. The molecule has 4 rings (SSSR count). The molecule has 0 bridgehead atoms. The number of nitrogens with zero attached hydrogens (tertiary/aromatic N) is 5. The Morgan fingerprint density at radius 2 is 1.90 bits per heavy atom. The predicted molar refractivity (Wildman–Crippen MR) is 76.8 cm³/mol. The van der Waals surface area contributed by atoms with Crippen LogP contribution in [0.2, 0.25) is 0 Å². The third-order valence-electron chi connectivity index (χ3n) is 4.69. The lowest BCUT2D eigenvalue weighted by Crippen LogP contribution is -2.53. The van der Waals surface area contributed by atoms with E-state index >= 15 is 0 Å². The molecule has 6 heteroatoms. The van der Waals surface area contributed by atoms with Crippen molar-refractivity contribution in [2.45, 2.75) is 37.6 Å². The maximum atomic E-state index is 13.2. The molecule has 21 heavy (non-hydrogen) atoms. The van der Waals surface area contributed by atoms with Gasteiger partial charge in [0.2, 0.25) is 5.91 Å². The summed E-state index contributed by atoms with van der Waals surface area (Å²) in [7, 11) is 0. The van der Waals surface area contributed by atoms with E-state index in [2.05, 4.69) is 27.7 Å². The zero-order chi connectivity index (χ0) is 14.3. The Morgan fingerprint density at radius 3 is 2.62 bits per heavy atom. The van der Waals surface area contributed by atoms with Crippen molar-refractivity contribution in [3.05, 3.63) is 35.9 Å². The van der Waals surface area contributed by atoms with Gasteiger partial charge in [-0.25, -0.2) is 4.68 Å². The van der Waals surface area contributed by atoms with Crippen LogP contribution in [0.1, 0.15) is 31.2 Å². The van der Waals surface area contributed by atoms with E-state index < -0.39 is 0 Å². The van der Waals surface area contributed by atoms with Gasteiger partial charge in [-0.1, -0.05) is 41.9 Å². The fraction of sp³-hybridized carbons (Fsp3) is 0.467. The first-order valence-corrected chi connectivity index (χ1v) is 7.45. The van der Waals surface area contributed by atoms with Crippen LogP contribution in [0.25, 0.3) is 0 Å². The summed E-state index contributed by atoms with van der Waals surface area (Å²) >= 11 is 0. The fourth-order valence-electron chi connectivity index (χ4n) is 3.38. The van der Waals surface area contributed by atoms with Crippen molar-refractivity contribution in [1.29, 1.82) is 0 Å². The Kier molecular flexibility index (Phi) is 2.77. The summed E-state index contributed by atoms with van der Waals surface area (Å²) in [5.41, 5.74) is 0.737. The van der Waals surface area contributed by atoms with Crippen molar-refractivity contribution in [2.24, 2.45) is 0 Å². The normalized spacial score (nSPS) is 19.7. The monoisotopic (exact) mass is 283 g/mol. The predicted octanol–water partition coefficient (Wildman–Crippen LogP) is 1.53. The summed E-state index contributed by atoms with van der Waals surface area (Å²) in [5.74, 6) is 0.740. The van der Waals surface area contributed by atoms with Crippen LogP contribution in [-0.2, 0) is 16.8 Å². The van der Waals surface area contributed by atoms with E-state index in [0.717, 1.165) is 37.8 Å². The zero-order valence-electron chi connectivity index (χ0n) is 11.8. The number of aryl methyl sites for hydroxylation is 1. The van der Waals surface area contributed by atoms with Gasteiger partial charge in [-0.15, -0.1) is 0 Å². The van der Waals surface area contributed by atoms with Crippen LogP contribution in [0.15, 0.2) is 30.3 Å². The first-order chi connectivity index (χ1) is 10.3. The van der Waals surface area contributed by atoms with Gasteiger partial charge in [0.25, 0.3) is 5.95 Å². The zero-order valence-corrected chi connectivity index (χ0v) is 11.8. The number of amides is 1. The number of carbonyl (C=O) groups excluding carboxylic acids is 1. The molecule has 1 aromatic carbocycles. The molecule has 0 N–H and O–H groups in total. The Balaban J connectivity index is 1.72. The van der Waals surface area contributed by atoms with E-state index in [1.165, 1.54) is 0 Å². The highest BCUT2D eigenvalue weighted by Gasteiger charge is 2.49. The second-order valence-corrected chi connectivity index (χ2v) is 5.81. The lowest BCUT2D eigenvalue weighted by atomic mass is 9.63. The second kappa shape index (κ2) is 4.65.